The molecule has 2 fully saturated rings. The van der Waals surface area contributed by atoms with E-state index in [2.05, 4.69) is 35.6 Å². The monoisotopic (exact) mass is 243 g/mol. The quantitative estimate of drug-likeness (QED) is 0.783. The van der Waals surface area contributed by atoms with E-state index in [0.717, 1.165) is 5.92 Å². The number of piperidine rings is 1. The Morgan fingerprint density at radius 1 is 0.889 bits per heavy atom. The molecule has 1 aliphatic carbocycles. The molecule has 0 amide bonds. The Bertz CT molecular complexity index is 362. The predicted octanol–water partition coefficient (Wildman–Crippen LogP) is 4.10. The molecule has 18 heavy (non-hydrogen) atoms. The maximum Gasteiger partial charge on any atom is 0.00255 e. The van der Waals surface area contributed by atoms with Gasteiger partial charge in [0, 0.05) is 12.5 Å². The van der Waals surface area contributed by atoms with Gasteiger partial charge in [-0.3, -0.25) is 0 Å². The predicted molar refractivity (Wildman–Crippen MR) is 76.8 cm³/mol. The van der Waals surface area contributed by atoms with Crippen molar-refractivity contribution in [2.45, 2.75) is 50.9 Å². The lowest BCUT2D eigenvalue weighted by Crippen LogP contribution is -2.43. The summed E-state index contributed by atoms with van der Waals surface area (Å²) in [4.78, 5) is 0. The topological polar surface area (TPSA) is 12.0 Å². The van der Waals surface area contributed by atoms with Crippen molar-refractivity contribution < 1.29 is 0 Å². The molecular formula is C17H25N. The highest BCUT2D eigenvalue weighted by Crippen LogP contribution is 2.49. The molecule has 1 N–H and O–H groups in total. The molecule has 0 radical (unpaired) electrons. The summed E-state index contributed by atoms with van der Waals surface area (Å²) in [6.07, 6.45) is 10.1. The zero-order valence-corrected chi connectivity index (χ0v) is 11.3. The van der Waals surface area contributed by atoms with Gasteiger partial charge < -0.3 is 5.32 Å². The standard InChI is InChI=1S/C17H25N/c1-2-7-11-17(10-6-1)12-13-18-14-16(17)15-8-4-3-5-9-15/h3-5,8-9,16,18H,1-2,6-7,10-14H2. The van der Waals surface area contributed by atoms with E-state index >= 15 is 0 Å². The summed E-state index contributed by atoms with van der Waals surface area (Å²) in [6, 6.07) is 11.2. The van der Waals surface area contributed by atoms with Crippen LogP contribution in [0.1, 0.15) is 56.4 Å². The van der Waals surface area contributed by atoms with E-state index in [0.29, 0.717) is 5.41 Å². The average molecular weight is 243 g/mol. The third kappa shape index (κ3) is 2.33. The van der Waals surface area contributed by atoms with E-state index in [1.54, 1.807) is 5.56 Å². The van der Waals surface area contributed by atoms with E-state index in [4.69, 9.17) is 0 Å². The Balaban J connectivity index is 1.89. The summed E-state index contributed by atoms with van der Waals surface area (Å²) in [5.41, 5.74) is 2.16. The molecule has 3 rings (SSSR count). The van der Waals surface area contributed by atoms with Gasteiger partial charge in [-0.15, -0.1) is 0 Å². The molecule has 1 aromatic carbocycles. The highest BCUT2D eigenvalue weighted by molar-refractivity contribution is 5.24. The van der Waals surface area contributed by atoms with Crippen LogP contribution in [0.2, 0.25) is 0 Å². The van der Waals surface area contributed by atoms with E-state index in [-0.39, 0.29) is 0 Å². The van der Waals surface area contributed by atoms with Crippen LogP contribution >= 0.6 is 0 Å². The highest BCUT2D eigenvalue weighted by atomic mass is 14.9. The molecule has 0 bridgehead atoms. The number of hydrogen-bond donors (Lipinski definition) is 1. The van der Waals surface area contributed by atoms with Crippen LogP contribution in [-0.2, 0) is 0 Å². The zero-order chi connectivity index (χ0) is 12.3. The van der Waals surface area contributed by atoms with Gasteiger partial charge in [-0.1, -0.05) is 56.0 Å². The summed E-state index contributed by atoms with van der Waals surface area (Å²) in [5.74, 6) is 0.741. The maximum atomic E-state index is 3.63. The van der Waals surface area contributed by atoms with Crippen LogP contribution in [0.15, 0.2) is 30.3 Å². The summed E-state index contributed by atoms with van der Waals surface area (Å²) >= 11 is 0. The second-order valence-corrected chi connectivity index (χ2v) is 6.19. The SMILES string of the molecule is c1ccc(C2CNCCC23CCCCCC3)cc1. The molecule has 1 heterocycles. The van der Waals surface area contributed by atoms with Crippen molar-refractivity contribution in [3.63, 3.8) is 0 Å². The van der Waals surface area contributed by atoms with Crippen molar-refractivity contribution in [2.24, 2.45) is 5.41 Å². The summed E-state index contributed by atoms with van der Waals surface area (Å²) in [7, 11) is 0. The van der Waals surface area contributed by atoms with E-state index in [1.807, 2.05) is 0 Å². The van der Waals surface area contributed by atoms with Gasteiger partial charge in [0.25, 0.3) is 0 Å². The van der Waals surface area contributed by atoms with Crippen molar-refractivity contribution in [1.29, 1.82) is 0 Å². The first-order valence-electron chi connectivity index (χ1n) is 7.66. The Hall–Kier alpha value is -0.820. The van der Waals surface area contributed by atoms with Gasteiger partial charge in [0.1, 0.15) is 0 Å². The Morgan fingerprint density at radius 3 is 2.33 bits per heavy atom. The molecule has 1 aromatic rings. The minimum absolute atomic E-state index is 0.600. The fraction of sp³-hybridized carbons (Fsp3) is 0.647. The molecule has 1 aliphatic heterocycles. The molecule has 98 valence electrons. The van der Waals surface area contributed by atoms with Gasteiger partial charge in [0.15, 0.2) is 0 Å². The van der Waals surface area contributed by atoms with Crippen molar-refractivity contribution in [1.82, 2.24) is 5.32 Å². The second kappa shape index (κ2) is 5.44. The smallest absolute Gasteiger partial charge is 0.00255 e. The second-order valence-electron chi connectivity index (χ2n) is 6.19. The molecule has 1 atom stereocenters. The van der Waals surface area contributed by atoms with Gasteiger partial charge >= 0.3 is 0 Å². The molecule has 1 unspecified atom stereocenters. The van der Waals surface area contributed by atoms with Gasteiger partial charge in [-0.05, 0) is 36.8 Å². The first-order valence-corrected chi connectivity index (χ1v) is 7.66. The van der Waals surface area contributed by atoms with Crippen LogP contribution < -0.4 is 5.32 Å². The molecule has 1 saturated heterocycles. The van der Waals surface area contributed by atoms with Crippen molar-refractivity contribution in [3.05, 3.63) is 35.9 Å². The fourth-order valence-electron chi connectivity index (χ4n) is 4.16. The first kappa shape index (κ1) is 12.2. The van der Waals surface area contributed by atoms with E-state index in [9.17, 15) is 0 Å². The highest BCUT2D eigenvalue weighted by Gasteiger charge is 2.41. The lowest BCUT2D eigenvalue weighted by atomic mass is 9.64. The van der Waals surface area contributed by atoms with Gasteiger partial charge in [0.2, 0.25) is 0 Å². The van der Waals surface area contributed by atoms with Crippen LogP contribution in [0.5, 0.6) is 0 Å². The third-order valence-corrected chi connectivity index (χ3v) is 5.19. The van der Waals surface area contributed by atoms with Crippen molar-refractivity contribution >= 4 is 0 Å². The normalized spacial score (nSPS) is 27.9. The first-order chi connectivity index (χ1) is 8.91. The van der Waals surface area contributed by atoms with Crippen LogP contribution in [0.4, 0.5) is 0 Å². The molecule has 2 aliphatic rings. The minimum Gasteiger partial charge on any atom is -0.316 e. The van der Waals surface area contributed by atoms with Crippen LogP contribution in [0.3, 0.4) is 0 Å². The molecule has 1 spiro atoms. The fourth-order valence-corrected chi connectivity index (χ4v) is 4.16. The summed E-state index contributed by atoms with van der Waals surface area (Å²) in [6.45, 7) is 2.41. The van der Waals surface area contributed by atoms with E-state index < -0.39 is 0 Å². The minimum atomic E-state index is 0.600. The number of nitrogens with one attached hydrogen (secondary N) is 1. The molecule has 0 aromatic heterocycles. The zero-order valence-electron chi connectivity index (χ0n) is 11.3. The summed E-state index contributed by atoms with van der Waals surface area (Å²) < 4.78 is 0. The van der Waals surface area contributed by atoms with Crippen LogP contribution in [-0.4, -0.2) is 13.1 Å². The Kier molecular flexibility index (Phi) is 3.69. The molecule has 1 saturated carbocycles. The molecule has 1 heteroatoms. The van der Waals surface area contributed by atoms with Crippen LogP contribution in [0, 0.1) is 5.41 Å². The average Bonchev–Trinajstić information content (AvgIpc) is 2.67. The number of rotatable bonds is 1. The van der Waals surface area contributed by atoms with Gasteiger partial charge in [-0.25, -0.2) is 0 Å². The Labute approximate surface area is 111 Å². The van der Waals surface area contributed by atoms with Gasteiger partial charge in [-0.2, -0.15) is 0 Å². The lowest BCUT2D eigenvalue weighted by Gasteiger charge is -2.45. The van der Waals surface area contributed by atoms with Crippen LogP contribution in [0.25, 0.3) is 0 Å². The van der Waals surface area contributed by atoms with Crippen molar-refractivity contribution in [2.75, 3.05) is 13.1 Å². The maximum absolute atomic E-state index is 3.63. The molecular weight excluding hydrogens is 218 g/mol. The Morgan fingerprint density at radius 2 is 1.61 bits per heavy atom. The summed E-state index contributed by atoms with van der Waals surface area (Å²) in [5, 5.41) is 3.63. The van der Waals surface area contributed by atoms with Gasteiger partial charge in [0.05, 0.1) is 0 Å². The van der Waals surface area contributed by atoms with E-state index in [1.165, 1.54) is 58.0 Å². The molecule has 1 nitrogen and oxygen atoms in total. The number of benzene rings is 1. The van der Waals surface area contributed by atoms with Crippen molar-refractivity contribution in [3.8, 4) is 0 Å². The lowest BCUT2D eigenvalue weighted by molar-refractivity contribution is 0.136. The third-order valence-electron chi connectivity index (χ3n) is 5.19. The largest absolute Gasteiger partial charge is 0.316 e. The number of hydrogen-bond acceptors (Lipinski definition) is 1.